The van der Waals surface area contributed by atoms with Gasteiger partial charge in [-0.05, 0) is 44.7 Å². The van der Waals surface area contributed by atoms with Crippen LogP contribution in [-0.4, -0.2) is 56.0 Å². The molecule has 1 aliphatic carbocycles. The highest BCUT2D eigenvalue weighted by Gasteiger charge is 2.41. The maximum atomic E-state index is 12.2. The monoisotopic (exact) mass is 491 g/mol. The predicted molar refractivity (Wildman–Crippen MR) is 118 cm³/mol. The van der Waals surface area contributed by atoms with Gasteiger partial charge in [0.15, 0.2) is 15.8 Å². The summed E-state index contributed by atoms with van der Waals surface area (Å²) in [4.78, 5) is 6.97. The topological polar surface area (TPSA) is 61.8 Å². The van der Waals surface area contributed by atoms with Crippen LogP contribution < -0.4 is 5.32 Å². The Labute approximate surface area is 174 Å². The number of hydrogen-bond acceptors (Lipinski definition) is 3. The minimum absolute atomic E-state index is 0. The smallest absolute Gasteiger partial charge is 0.194 e. The molecule has 26 heavy (non-hydrogen) atoms. The van der Waals surface area contributed by atoms with Crippen LogP contribution in [0.1, 0.15) is 44.2 Å². The van der Waals surface area contributed by atoms with E-state index in [0.717, 1.165) is 31.9 Å². The molecule has 1 unspecified atom stereocenters. The average molecular weight is 491 g/mol. The van der Waals surface area contributed by atoms with Crippen LogP contribution in [0.5, 0.6) is 0 Å². The number of guanidine groups is 1. The van der Waals surface area contributed by atoms with E-state index in [4.69, 9.17) is 4.99 Å². The van der Waals surface area contributed by atoms with Crippen molar-refractivity contribution in [2.24, 2.45) is 4.99 Å². The van der Waals surface area contributed by atoms with Gasteiger partial charge in [0.05, 0.1) is 10.5 Å². The van der Waals surface area contributed by atoms with Gasteiger partial charge >= 0.3 is 0 Å². The fourth-order valence-corrected chi connectivity index (χ4v) is 5.15. The molecule has 1 fully saturated rings. The van der Waals surface area contributed by atoms with Crippen molar-refractivity contribution < 1.29 is 8.42 Å². The number of aliphatic imine (C=N–C) groups is 1. The van der Waals surface area contributed by atoms with E-state index in [1.165, 1.54) is 11.1 Å². The van der Waals surface area contributed by atoms with E-state index in [-0.39, 0.29) is 29.7 Å². The fraction of sp³-hybridized carbons (Fsp3) is 0.632. The molecule has 0 saturated carbocycles. The first-order valence-electron chi connectivity index (χ1n) is 9.17. The zero-order valence-corrected chi connectivity index (χ0v) is 19.0. The van der Waals surface area contributed by atoms with Gasteiger partial charge in [0.1, 0.15) is 0 Å². The van der Waals surface area contributed by atoms with Crippen molar-refractivity contribution in [1.29, 1.82) is 0 Å². The van der Waals surface area contributed by atoms with E-state index < -0.39 is 14.6 Å². The third-order valence-electron chi connectivity index (χ3n) is 5.40. The Hall–Kier alpha value is -0.830. The SMILES string of the molecule is CCNC(=NCC1CCc2ccccc21)N1CCS(=O)(=O)C(C)(C)C1.I. The molecule has 1 atom stereocenters. The third-order valence-corrected chi connectivity index (χ3v) is 7.93. The Bertz CT molecular complexity index is 762. The van der Waals surface area contributed by atoms with Gasteiger partial charge in [-0.25, -0.2) is 8.42 Å². The van der Waals surface area contributed by atoms with Crippen LogP contribution in [-0.2, 0) is 16.3 Å². The lowest BCUT2D eigenvalue weighted by Gasteiger charge is -2.39. The molecule has 1 aliphatic heterocycles. The molecule has 3 rings (SSSR count). The molecule has 1 saturated heterocycles. The molecule has 146 valence electrons. The van der Waals surface area contributed by atoms with Crippen molar-refractivity contribution in [2.75, 3.05) is 31.9 Å². The average Bonchev–Trinajstić information content (AvgIpc) is 2.97. The van der Waals surface area contributed by atoms with Crippen molar-refractivity contribution in [3.05, 3.63) is 35.4 Å². The normalized spacial score (nSPS) is 23.9. The van der Waals surface area contributed by atoms with Crippen LogP contribution in [0.4, 0.5) is 0 Å². The number of fused-ring (bicyclic) bond motifs is 1. The lowest BCUT2D eigenvalue weighted by atomic mass is 10.0. The Morgan fingerprint density at radius 3 is 2.77 bits per heavy atom. The summed E-state index contributed by atoms with van der Waals surface area (Å²) in [5.41, 5.74) is 2.86. The lowest BCUT2D eigenvalue weighted by Crippen LogP contribution is -2.57. The molecule has 2 aliphatic rings. The molecule has 0 spiro atoms. The van der Waals surface area contributed by atoms with Crippen molar-refractivity contribution in [2.45, 2.75) is 44.3 Å². The number of hydrogen-bond donors (Lipinski definition) is 1. The van der Waals surface area contributed by atoms with Gasteiger partial charge in [0.2, 0.25) is 0 Å². The van der Waals surface area contributed by atoms with Crippen molar-refractivity contribution in [1.82, 2.24) is 10.2 Å². The molecule has 5 nitrogen and oxygen atoms in total. The molecular formula is C19H30IN3O2S. The van der Waals surface area contributed by atoms with Gasteiger partial charge in [0, 0.05) is 32.1 Å². The van der Waals surface area contributed by atoms with Crippen LogP contribution in [0.2, 0.25) is 0 Å². The van der Waals surface area contributed by atoms with Gasteiger partial charge in [-0.15, -0.1) is 24.0 Å². The number of benzene rings is 1. The van der Waals surface area contributed by atoms with Gasteiger partial charge in [-0.1, -0.05) is 24.3 Å². The summed E-state index contributed by atoms with van der Waals surface area (Å²) >= 11 is 0. The van der Waals surface area contributed by atoms with Crippen LogP contribution >= 0.6 is 24.0 Å². The van der Waals surface area contributed by atoms with E-state index in [1.807, 2.05) is 20.8 Å². The summed E-state index contributed by atoms with van der Waals surface area (Å²) in [5, 5.41) is 3.35. The zero-order valence-electron chi connectivity index (χ0n) is 15.9. The highest BCUT2D eigenvalue weighted by molar-refractivity contribution is 14.0. The summed E-state index contributed by atoms with van der Waals surface area (Å²) in [5.74, 6) is 1.50. The molecule has 0 aromatic heterocycles. The lowest BCUT2D eigenvalue weighted by molar-refractivity contribution is 0.353. The first-order valence-corrected chi connectivity index (χ1v) is 10.8. The quantitative estimate of drug-likeness (QED) is 0.402. The van der Waals surface area contributed by atoms with Gasteiger partial charge in [-0.2, -0.15) is 0 Å². The van der Waals surface area contributed by atoms with Crippen molar-refractivity contribution in [3.8, 4) is 0 Å². The third kappa shape index (κ3) is 4.35. The van der Waals surface area contributed by atoms with Crippen molar-refractivity contribution in [3.63, 3.8) is 0 Å². The first-order chi connectivity index (χ1) is 11.8. The largest absolute Gasteiger partial charge is 0.357 e. The molecule has 1 aromatic carbocycles. The van der Waals surface area contributed by atoms with Gasteiger partial charge in [-0.3, -0.25) is 4.99 Å². The minimum Gasteiger partial charge on any atom is -0.357 e. The summed E-state index contributed by atoms with van der Waals surface area (Å²) < 4.78 is 23.8. The molecule has 1 heterocycles. The molecule has 7 heteroatoms. The highest BCUT2D eigenvalue weighted by atomic mass is 127. The van der Waals surface area contributed by atoms with E-state index in [2.05, 4.69) is 34.5 Å². The van der Waals surface area contributed by atoms with Crippen LogP contribution in [0.25, 0.3) is 0 Å². The summed E-state index contributed by atoms with van der Waals surface area (Å²) in [6.45, 7) is 8.21. The maximum Gasteiger partial charge on any atom is 0.194 e. The first kappa shape index (κ1) is 21.5. The zero-order chi connectivity index (χ0) is 18.1. The number of nitrogens with one attached hydrogen (secondary N) is 1. The highest BCUT2D eigenvalue weighted by Crippen LogP contribution is 2.33. The molecule has 0 bridgehead atoms. The summed E-state index contributed by atoms with van der Waals surface area (Å²) in [6.07, 6.45) is 2.27. The van der Waals surface area contributed by atoms with E-state index in [9.17, 15) is 8.42 Å². The Kier molecular flexibility index (Phi) is 6.98. The number of rotatable bonds is 3. The van der Waals surface area contributed by atoms with Crippen molar-refractivity contribution >= 4 is 39.8 Å². The van der Waals surface area contributed by atoms with Crippen LogP contribution in [0.15, 0.2) is 29.3 Å². The molecule has 1 N–H and O–H groups in total. The second-order valence-electron chi connectivity index (χ2n) is 7.63. The van der Waals surface area contributed by atoms with E-state index in [0.29, 0.717) is 19.0 Å². The summed E-state index contributed by atoms with van der Waals surface area (Å²) in [7, 11) is -3.04. The second-order valence-corrected chi connectivity index (χ2v) is 10.4. The Balaban J connectivity index is 0.00000243. The summed E-state index contributed by atoms with van der Waals surface area (Å²) in [6, 6.07) is 8.63. The Morgan fingerprint density at radius 1 is 1.35 bits per heavy atom. The number of nitrogens with zero attached hydrogens (tertiary/aromatic N) is 2. The minimum atomic E-state index is -3.04. The molecule has 1 aromatic rings. The van der Waals surface area contributed by atoms with Crippen LogP contribution in [0, 0.1) is 0 Å². The predicted octanol–water partition coefficient (Wildman–Crippen LogP) is 2.81. The molecule has 0 radical (unpaired) electrons. The number of sulfone groups is 1. The maximum absolute atomic E-state index is 12.2. The fourth-order valence-electron chi connectivity index (χ4n) is 3.78. The van der Waals surface area contributed by atoms with Gasteiger partial charge < -0.3 is 10.2 Å². The standard InChI is InChI=1S/C19H29N3O2S.HI/c1-4-20-18(22-11-12-25(23,24)19(2,3)14-22)21-13-16-10-9-15-7-5-6-8-17(15)16;/h5-8,16H,4,9-14H2,1-3H3,(H,20,21);1H. The van der Waals surface area contributed by atoms with Crippen LogP contribution in [0.3, 0.4) is 0 Å². The molecule has 0 amide bonds. The second kappa shape index (κ2) is 8.46. The molecular weight excluding hydrogens is 461 g/mol. The van der Waals surface area contributed by atoms with Gasteiger partial charge in [0.25, 0.3) is 0 Å². The Morgan fingerprint density at radius 2 is 2.08 bits per heavy atom. The van der Waals surface area contributed by atoms with E-state index in [1.54, 1.807) is 0 Å². The number of aryl methyl sites for hydroxylation is 1. The van der Waals surface area contributed by atoms with E-state index >= 15 is 0 Å². The number of halogens is 1.